The summed E-state index contributed by atoms with van der Waals surface area (Å²) in [6, 6.07) is 16.4. The van der Waals surface area contributed by atoms with Crippen molar-refractivity contribution in [3.8, 4) is 17.2 Å². The molecule has 0 unspecified atom stereocenters. The van der Waals surface area contributed by atoms with Crippen molar-refractivity contribution in [3.63, 3.8) is 0 Å². The van der Waals surface area contributed by atoms with Crippen molar-refractivity contribution in [1.29, 1.82) is 0 Å². The van der Waals surface area contributed by atoms with Crippen LogP contribution in [0.3, 0.4) is 0 Å². The molecule has 1 aliphatic rings. The van der Waals surface area contributed by atoms with Gasteiger partial charge < -0.3 is 25.4 Å². The summed E-state index contributed by atoms with van der Waals surface area (Å²) < 4.78 is 9.16. The summed E-state index contributed by atoms with van der Waals surface area (Å²) in [5, 5.41) is 9.47. The van der Waals surface area contributed by atoms with Crippen molar-refractivity contribution in [2.75, 3.05) is 37.8 Å². The minimum absolute atomic E-state index is 0.232. The zero-order chi connectivity index (χ0) is 25.4. The van der Waals surface area contributed by atoms with Gasteiger partial charge in [-0.15, -0.1) is 0 Å². The number of nitrogen functional groups attached to an aromatic ring is 1. The van der Waals surface area contributed by atoms with Crippen molar-refractivity contribution in [3.05, 3.63) is 71.3 Å². The van der Waals surface area contributed by atoms with E-state index < -0.39 is 6.09 Å². The number of carboxylic acid groups (broad SMARTS) is 1. The first kappa shape index (κ1) is 23.3. The van der Waals surface area contributed by atoms with Crippen LogP contribution in [0.5, 0.6) is 11.5 Å². The zero-order valence-electron chi connectivity index (χ0n) is 20.2. The molecule has 36 heavy (non-hydrogen) atoms. The van der Waals surface area contributed by atoms with E-state index in [1.165, 1.54) is 9.47 Å². The molecule has 1 aliphatic heterocycles. The van der Waals surface area contributed by atoms with Crippen LogP contribution in [0.15, 0.2) is 65.6 Å². The number of hydrogen-bond acceptors (Lipinski definition) is 6. The van der Waals surface area contributed by atoms with Gasteiger partial charge in [-0.05, 0) is 67.4 Å². The number of piperidine rings is 1. The van der Waals surface area contributed by atoms with E-state index >= 15 is 0 Å². The minimum Gasteiger partial charge on any atom is -0.465 e. The standard InChI is InChI=1S/C26H28N6O4/c1-29(2)17-5-9-20(10-6-17)36-21-11-7-18(8-12-21)32-23-22(13-14-28-24(23)27)31(25(32)33)19-4-3-15-30(16-19)26(34)35/h5-14,19H,3-4,15-16H2,1-2H3,(H2,27,28)(H,34,35)/t19-/m1/s1. The number of aromatic nitrogens is 3. The van der Waals surface area contributed by atoms with Gasteiger partial charge in [0.15, 0.2) is 0 Å². The first-order chi connectivity index (χ1) is 17.3. The van der Waals surface area contributed by atoms with Crippen LogP contribution < -0.4 is 21.1 Å². The van der Waals surface area contributed by atoms with Crippen molar-refractivity contribution in [1.82, 2.24) is 19.0 Å². The maximum atomic E-state index is 13.7. The van der Waals surface area contributed by atoms with Gasteiger partial charge in [0.05, 0.1) is 17.2 Å². The number of hydrogen-bond donors (Lipinski definition) is 2. The third kappa shape index (κ3) is 4.21. The normalized spacial score (nSPS) is 15.7. The summed E-state index contributed by atoms with van der Waals surface area (Å²) in [5.41, 5.74) is 8.77. The van der Waals surface area contributed by atoms with E-state index in [0.29, 0.717) is 47.6 Å². The number of nitrogens with two attached hydrogens (primary N) is 1. The van der Waals surface area contributed by atoms with Crippen molar-refractivity contribution in [2.24, 2.45) is 0 Å². The number of ether oxygens (including phenoxy) is 1. The lowest BCUT2D eigenvalue weighted by Crippen LogP contribution is -2.42. The number of pyridine rings is 1. The first-order valence-corrected chi connectivity index (χ1v) is 11.7. The van der Waals surface area contributed by atoms with Crippen LogP contribution in [0.25, 0.3) is 16.7 Å². The Labute approximate surface area is 207 Å². The summed E-state index contributed by atoms with van der Waals surface area (Å²) >= 11 is 0. The second-order valence-corrected chi connectivity index (χ2v) is 9.06. The van der Waals surface area contributed by atoms with Gasteiger partial charge in [-0.3, -0.25) is 9.13 Å². The minimum atomic E-state index is -0.982. The summed E-state index contributed by atoms with van der Waals surface area (Å²) in [5.74, 6) is 1.56. The molecule has 1 atom stereocenters. The van der Waals surface area contributed by atoms with Gasteiger partial charge in [0.25, 0.3) is 0 Å². The zero-order valence-corrected chi connectivity index (χ0v) is 20.2. The third-order valence-electron chi connectivity index (χ3n) is 6.53. The molecule has 0 spiro atoms. The number of carbonyl (C=O) groups is 1. The maximum absolute atomic E-state index is 13.7. The largest absolute Gasteiger partial charge is 0.465 e. The second kappa shape index (κ2) is 9.29. The van der Waals surface area contributed by atoms with E-state index in [1.807, 2.05) is 43.3 Å². The molecule has 10 heteroatoms. The van der Waals surface area contributed by atoms with Crippen LogP contribution in [-0.2, 0) is 0 Å². The SMILES string of the molecule is CN(C)c1ccc(Oc2ccc(-n3c(=O)n([C@@H]4CCCN(C(=O)O)C4)c4ccnc(N)c43)cc2)cc1. The fourth-order valence-corrected chi connectivity index (χ4v) is 4.73. The number of amides is 1. The number of anilines is 2. The molecule has 0 saturated carbocycles. The van der Waals surface area contributed by atoms with Gasteiger partial charge in [0, 0.05) is 39.1 Å². The average molecular weight is 489 g/mol. The van der Waals surface area contributed by atoms with E-state index in [2.05, 4.69) is 4.98 Å². The second-order valence-electron chi connectivity index (χ2n) is 9.06. The monoisotopic (exact) mass is 488 g/mol. The summed E-state index contributed by atoms with van der Waals surface area (Å²) in [6.07, 6.45) is 1.96. The number of likely N-dealkylation sites (tertiary alicyclic amines) is 1. The van der Waals surface area contributed by atoms with Crippen LogP contribution in [0.4, 0.5) is 16.3 Å². The molecule has 1 amide bonds. The number of benzene rings is 2. The predicted molar refractivity (Wildman–Crippen MR) is 138 cm³/mol. The van der Waals surface area contributed by atoms with E-state index in [9.17, 15) is 14.7 Å². The van der Waals surface area contributed by atoms with E-state index in [-0.39, 0.29) is 24.1 Å². The van der Waals surface area contributed by atoms with Gasteiger partial charge in [0.2, 0.25) is 0 Å². The molecular weight excluding hydrogens is 460 g/mol. The molecule has 0 radical (unpaired) electrons. The Morgan fingerprint density at radius 3 is 2.39 bits per heavy atom. The van der Waals surface area contributed by atoms with E-state index in [4.69, 9.17) is 10.5 Å². The molecule has 186 valence electrons. The summed E-state index contributed by atoms with van der Waals surface area (Å²) in [6.45, 7) is 0.707. The Morgan fingerprint density at radius 1 is 1.08 bits per heavy atom. The van der Waals surface area contributed by atoms with Crippen molar-refractivity contribution in [2.45, 2.75) is 18.9 Å². The average Bonchev–Trinajstić information content (AvgIpc) is 3.18. The van der Waals surface area contributed by atoms with Gasteiger partial charge >= 0.3 is 11.8 Å². The molecular formula is C26H28N6O4. The highest BCUT2D eigenvalue weighted by Crippen LogP contribution is 2.30. The molecule has 5 rings (SSSR count). The molecule has 10 nitrogen and oxygen atoms in total. The lowest BCUT2D eigenvalue weighted by Gasteiger charge is -2.31. The Bertz CT molecular complexity index is 1460. The Morgan fingerprint density at radius 2 is 1.75 bits per heavy atom. The van der Waals surface area contributed by atoms with Gasteiger partial charge in [-0.2, -0.15) is 0 Å². The van der Waals surface area contributed by atoms with Crippen LogP contribution in [-0.4, -0.2) is 57.4 Å². The third-order valence-corrected chi connectivity index (χ3v) is 6.53. The number of imidazole rings is 1. The predicted octanol–water partition coefficient (Wildman–Crippen LogP) is 3.94. The Balaban J connectivity index is 1.50. The van der Waals surface area contributed by atoms with Gasteiger partial charge in [-0.1, -0.05) is 0 Å². The summed E-state index contributed by atoms with van der Waals surface area (Å²) in [4.78, 5) is 32.8. The first-order valence-electron chi connectivity index (χ1n) is 11.7. The van der Waals surface area contributed by atoms with Crippen LogP contribution in [0.2, 0.25) is 0 Å². The molecule has 4 aromatic rings. The molecule has 2 aromatic carbocycles. The number of nitrogens with zero attached hydrogens (tertiary/aromatic N) is 5. The van der Waals surface area contributed by atoms with Gasteiger partial charge in [0.1, 0.15) is 22.8 Å². The lowest BCUT2D eigenvalue weighted by atomic mass is 10.1. The van der Waals surface area contributed by atoms with Crippen LogP contribution in [0.1, 0.15) is 18.9 Å². The fraction of sp³-hybridized carbons (Fsp3) is 0.269. The van der Waals surface area contributed by atoms with Gasteiger partial charge in [-0.25, -0.2) is 14.6 Å². The highest BCUT2D eigenvalue weighted by atomic mass is 16.5. The van der Waals surface area contributed by atoms with E-state index in [1.54, 1.807) is 41.1 Å². The van der Waals surface area contributed by atoms with Crippen LogP contribution >= 0.6 is 0 Å². The topological polar surface area (TPSA) is 119 Å². The highest BCUT2D eigenvalue weighted by molar-refractivity contribution is 5.87. The molecule has 1 saturated heterocycles. The smallest absolute Gasteiger partial charge is 0.407 e. The molecule has 0 aliphatic carbocycles. The van der Waals surface area contributed by atoms with Crippen LogP contribution in [0, 0.1) is 0 Å². The Hall–Kier alpha value is -4.47. The molecule has 3 N–H and O–H groups in total. The number of rotatable bonds is 5. The fourth-order valence-electron chi connectivity index (χ4n) is 4.73. The molecule has 1 fully saturated rings. The maximum Gasteiger partial charge on any atom is 0.407 e. The lowest BCUT2D eigenvalue weighted by molar-refractivity contribution is 0.121. The highest BCUT2D eigenvalue weighted by Gasteiger charge is 2.29. The molecule has 0 bridgehead atoms. The molecule has 3 heterocycles. The molecule has 2 aromatic heterocycles. The van der Waals surface area contributed by atoms with Crippen molar-refractivity contribution >= 4 is 28.6 Å². The summed E-state index contributed by atoms with van der Waals surface area (Å²) in [7, 11) is 3.96. The number of fused-ring (bicyclic) bond motifs is 1. The van der Waals surface area contributed by atoms with E-state index in [0.717, 1.165) is 5.69 Å². The quantitative estimate of drug-likeness (QED) is 0.437. The van der Waals surface area contributed by atoms with Crippen molar-refractivity contribution < 1.29 is 14.6 Å². The Kier molecular flexibility index (Phi) is 6.01.